The van der Waals surface area contributed by atoms with Crippen molar-refractivity contribution in [1.29, 1.82) is 0 Å². The molecule has 1 amide bonds. The lowest BCUT2D eigenvalue weighted by Gasteiger charge is -2.21. The van der Waals surface area contributed by atoms with Crippen molar-refractivity contribution < 1.29 is 13.2 Å². The predicted octanol–water partition coefficient (Wildman–Crippen LogP) is 1.03. The Bertz CT molecular complexity index is 590. The highest BCUT2D eigenvalue weighted by Gasteiger charge is 2.36. The van der Waals surface area contributed by atoms with E-state index in [1.165, 1.54) is 12.1 Å². The summed E-state index contributed by atoms with van der Waals surface area (Å²) in [6.45, 7) is 3.38. The molecule has 1 aromatic carbocycles. The second-order valence-corrected chi connectivity index (χ2v) is 7.26. The number of rotatable bonds is 3. The van der Waals surface area contributed by atoms with Gasteiger partial charge in [-0.15, -0.1) is 0 Å². The second kappa shape index (κ2) is 4.94. The molecule has 1 fully saturated rings. The molecule has 2 N–H and O–H groups in total. The minimum absolute atomic E-state index is 0.0804. The molecule has 1 aliphatic heterocycles. The summed E-state index contributed by atoms with van der Waals surface area (Å²) in [5, 5.41) is 5.95. The van der Waals surface area contributed by atoms with E-state index in [4.69, 9.17) is 0 Å². The molecule has 1 aliphatic rings. The Morgan fingerprint density at radius 3 is 2.74 bits per heavy atom. The first kappa shape index (κ1) is 14.0. The Balaban J connectivity index is 2.18. The molecule has 1 heterocycles. The van der Waals surface area contributed by atoms with Crippen LogP contribution in [0.1, 0.15) is 13.3 Å². The fraction of sp³-hybridized carbons (Fsp3) is 0.462. The van der Waals surface area contributed by atoms with Gasteiger partial charge in [0.25, 0.3) is 0 Å². The van der Waals surface area contributed by atoms with Crippen LogP contribution >= 0.6 is 0 Å². The van der Waals surface area contributed by atoms with E-state index in [1.807, 2.05) is 6.92 Å². The van der Waals surface area contributed by atoms with Gasteiger partial charge in [0, 0.05) is 18.5 Å². The first-order valence-electron chi connectivity index (χ1n) is 6.14. The van der Waals surface area contributed by atoms with Crippen molar-refractivity contribution in [2.45, 2.75) is 18.2 Å². The maximum Gasteiger partial charge on any atom is 0.231 e. The zero-order valence-corrected chi connectivity index (χ0v) is 11.9. The maximum absolute atomic E-state index is 12.2. The molecule has 1 saturated heterocycles. The van der Waals surface area contributed by atoms with Crippen LogP contribution in [0.2, 0.25) is 0 Å². The topological polar surface area (TPSA) is 75.3 Å². The summed E-state index contributed by atoms with van der Waals surface area (Å²) in [5.41, 5.74) is 0.0854. The molecule has 0 saturated carbocycles. The van der Waals surface area contributed by atoms with E-state index in [2.05, 4.69) is 10.6 Å². The molecule has 1 aromatic rings. The molecule has 19 heavy (non-hydrogen) atoms. The van der Waals surface area contributed by atoms with Gasteiger partial charge in [0.15, 0.2) is 9.84 Å². The average Bonchev–Trinajstić information content (AvgIpc) is 2.77. The SMILES string of the molecule is CC1(C(=O)Nc2cccc(S(C)(=O)=O)c2)CCNC1. The van der Waals surface area contributed by atoms with Gasteiger partial charge >= 0.3 is 0 Å². The summed E-state index contributed by atoms with van der Waals surface area (Å²) < 4.78 is 22.9. The summed E-state index contributed by atoms with van der Waals surface area (Å²) in [6.07, 6.45) is 1.93. The fourth-order valence-corrected chi connectivity index (χ4v) is 2.76. The summed E-state index contributed by atoms with van der Waals surface area (Å²) >= 11 is 0. The first-order valence-corrected chi connectivity index (χ1v) is 8.03. The highest BCUT2D eigenvalue weighted by molar-refractivity contribution is 7.90. The van der Waals surface area contributed by atoms with Crippen molar-refractivity contribution >= 4 is 21.4 Å². The molecule has 1 unspecified atom stereocenters. The van der Waals surface area contributed by atoms with Crippen LogP contribution in [0.15, 0.2) is 29.2 Å². The van der Waals surface area contributed by atoms with Crippen LogP contribution in [0, 0.1) is 5.41 Å². The van der Waals surface area contributed by atoms with E-state index in [0.717, 1.165) is 19.2 Å². The third kappa shape index (κ3) is 3.13. The van der Waals surface area contributed by atoms with Crippen molar-refractivity contribution in [1.82, 2.24) is 5.32 Å². The van der Waals surface area contributed by atoms with Gasteiger partial charge in [0.2, 0.25) is 5.91 Å². The predicted molar refractivity (Wildman–Crippen MR) is 73.8 cm³/mol. The van der Waals surface area contributed by atoms with Gasteiger partial charge in [0.05, 0.1) is 10.3 Å². The van der Waals surface area contributed by atoms with Crippen LogP contribution in [0.5, 0.6) is 0 Å². The van der Waals surface area contributed by atoms with Crippen LogP contribution in [0.3, 0.4) is 0 Å². The van der Waals surface area contributed by atoms with Gasteiger partial charge in [0.1, 0.15) is 0 Å². The molecule has 0 aliphatic carbocycles. The Kier molecular flexibility index (Phi) is 3.64. The molecular weight excluding hydrogens is 264 g/mol. The van der Waals surface area contributed by atoms with Crippen molar-refractivity contribution in [2.75, 3.05) is 24.7 Å². The van der Waals surface area contributed by atoms with Crippen molar-refractivity contribution in [2.24, 2.45) is 5.41 Å². The largest absolute Gasteiger partial charge is 0.326 e. The summed E-state index contributed by atoms with van der Waals surface area (Å²) in [4.78, 5) is 12.4. The van der Waals surface area contributed by atoms with Gasteiger partial charge in [-0.1, -0.05) is 6.07 Å². The molecule has 0 radical (unpaired) electrons. The third-order valence-electron chi connectivity index (χ3n) is 3.44. The highest BCUT2D eigenvalue weighted by Crippen LogP contribution is 2.26. The summed E-state index contributed by atoms with van der Waals surface area (Å²) in [6, 6.07) is 6.32. The monoisotopic (exact) mass is 282 g/mol. The molecule has 1 atom stereocenters. The van der Waals surface area contributed by atoms with Gasteiger partial charge in [-0.2, -0.15) is 0 Å². The lowest BCUT2D eigenvalue weighted by atomic mass is 9.89. The summed E-state index contributed by atoms with van der Waals surface area (Å²) in [7, 11) is -3.26. The number of hydrogen-bond acceptors (Lipinski definition) is 4. The Morgan fingerprint density at radius 2 is 2.16 bits per heavy atom. The molecule has 0 aromatic heterocycles. The van der Waals surface area contributed by atoms with E-state index < -0.39 is 15.3 Å². The van der Waals surface area contributed by atoms with E-state index >= 15 is 0 Å². The van der Waals surface area contributed by atoms with Gasteiger partial charge in [-0.3, -0.25) is 4.79 Å². The third-order valence-corrected chi connectivity index (χ3v) is 4.55. The van der Waals surface area contributed by atoms with Gasteiger partial charge < -0.3 is 10.6 Å². The van der Waals surface area contributed by atoms with Crippen molar-refractivity contribution in [3.05, 3.63) is 24.3 Å². The zero-order valence-electron chi connectivity index (χ0n) is 11.1. The zero-order chi connectivity index (χ0) is 14.1. The maximum atomic E-state index is 12.2. The number of anilines is 1. The Morgan fingerprint density at radius 1 is 1.42 bits per heavy atom. The highest BCUT2D eigenvalue weighted by atomic mass is 32.2. The lowest BCUT2D eigenvalue weighted by Crippen LogP contribution is -2.35. The number of benzene rings is 1. The molecule has 6 heteroatoms. The van der Waals surface area contributed by atoms with E-state index in [0.29, 0.717) is 12.2 Å². The van der Waals surface area contributed by atoms with Crippen molar-refractivity contribution in [3.63, 3.8) is 0 Å². The van der Waals surface area contributed by atoms with Crippen LogP contribution in [0.25, 0.3) is 0 Å². The smallest absolute Gasteiger partial charge is 0.231 e. The van der Waals surface area contributed by atoms with Crippen LogP contribution < -0.4 is 10.6 Å². The van der Waals surface area contributed by atoms with Crippen molar-refractivity contribution in [3.8, 4) is 0 Å². The average molecular weight is 282 g/mol. The molecular formula is C13H18N2O3S. The number of amides is 1. The number of hydrogen-bond donors (Lipinski definition) is 2. The van der Waals surface area contributed by atoms with E-state index in [9.17, 15) is 13.2 Å². The molecule has 2 rings (SSSR count). The van der Waals surface area contributed by atoms with Crippen LogP contribution in [-0.2, 0) is 14.6 Å². The molecule has 0 bridgehead atoms. The normalized spacial score (nSPS) is 23.3. The molecule has 104 valence electrons. The second-order valence-electron chi connectivity index (χ2n) is 5.24. The number of carbonyl (C=O) groups is 1. The summed E-state index contributed by atoms with van der Waals surface area (Å²) in [5.74, 6) is -0.0804. The Hall–Kier alpha value is -1.40. The van der Waals surface area contributed by atoms with E-state index in [-0.39, 0.29) is 10.8 Å². The fourth-order valence-electron chi connectivity index (χ4n) is 2.10. The first-order chi connectivity index (χ1) is 8.81. The minimum Gasteiger partial charge on any atom is -0.326 e. The van der Waals surface area contributed by atoms with Crippen LogP contribution in [-0.4, -0.2) is 33.7 Å². The minimum atomic E-state index is -3.26. The molecule has 0 spiro atoms. The standard InChI is InChI=1S/C13H18N2O3S/c1-13(6-7-14-9-13)12(16)15-10-4-3-5-11(8-10)19(2,17)18/h3-5,8,14H,6-7,9H2,1-2H3,(H,15,16). The lowest BCUT2D eigenvalue weighted by molar-refractivity contribution is -0.123. The van der Waals surface area contributed by atoms with E-state index in [1.54, 1.807) is 12.1 Å². The molecule has 5 nitrogen and oxygen atoms in total. The van der Waals surface area contributed by atoms with Gasteiger partial charge in [-0.25, -0.2) is 8.42 Å². The number of nitrogens with one attached hydrogen (secondary N) is 2. The Labute approximate surface area is 113 Å². The van der Waals surface area contributed by atoms with Crippen LogP contribution in [0.4, 0.5) is 5.69 Å². The quantitative estimate of drug-likeness (QED) is 0.868. The number of carbonyl (C=O) groups excluding carboxylic acids is 1. The van der Waals surface area contributed by atoms with Gasteiger partial charge in [-0.05, 0) is 38.1 Å². The number of sulfone groups is 1.